The average molecular weight is 318 g/mol. The Morgan fingerprint density at radius 1 is 1.18 bits per heavy atom. The van der Waals surface area contributed by atoms with Crippen molar-refractivity contribution in [2.45, 2.75) is 52.7 Å². The second-order valence-corrected chi connectivity index (χ2v) is 6.21. The van der Waals surface area contributed by atoms with E-state index in [1.54, 1.807) is 13.8 Å². The number of hydrogen-bond donors (Lipinski definition) is 4. The molecule has 0 aromatic heterocycles. The highest BCUT2D eigenvalue weighted by atomic mass is 16.5. The molecule has 0 saturated heterocycles. The van der Waals surface area contributed by atoms with E-state index in [-0.39, 0.29) is 31.6 Å². The van der Waals surface area contributed by atoms with Crippen molar-refractivity contribution in [2.75, 3.05) is 26.3 Å². The highest BCUT2D eigenvalue weighted by molar-refractivity contribution is 5.82. The van der Waals surface area contributed by atoms with Crippen molar-refractivity contribution in [1.82, 2.24) is 10.6 Å². The van der Waals surface area contributed by atoms with Crippen LogP contribution >= 0.6 is 0 Å². The number of carbonyl (C=O) groups excluding carboxylic acids is 2. The SMILES string of the molecule is CC(C)OCCCNC(=O)CCNC(=O)[C@H](O)C(C)(C)CO. The molecule has 22 heavy (non-hydrogen) atoms. The molecule has 0 aliphatic heterocycles. The molecule has 2 amide bonds. The van der Waals surface area contributed by atoms with Crippen LogP contribution in [0.25, 0.3) is 0 Å². The zero-order valence-corrected chi connectivity index (χ0v) is 14.0. The molecule has 0 aromatic rings. The molecule has 0 radical (unpaired) electrons. The maximum absolute atomic E-state index is 11.7. The predicted molar refractivity (Wildman–Crippen MR) is 83.2 cm³/mol. The van der Waals surface area contributed by atoms with Gasteiger partial charge in [0.2, 0.25) is 11.8 Å². The van der Waals surface area contributed by atoms with Gasteiger partial charge in [-0.25, -0.2) is 0 Å². The van der Waals surface area contributed by atoms with Crippen molar-refractivity contribution in [1.29, 1.82) is 0 Å². The summed E-state index contributed by atoms with van der Waals surface area (Å²) >= 11 is 0. The van der Waals surface area contributed by atoms with E-state index in [2.05, 4.69) is 10.6 Å². The number of rotatable bonds is 11. The summed E-state index contributed by atoms with van der Waals surface area (Å²) in [7, 11) is 0. The molecule has 130 valence electrons. The molecule has 0 saturated carbocycles. The van der Waals surface area contributed by atoms with E-state index in [0.29, 0.717) is 13.2 Å². The number of ether oxygens (including phenoxy) is 1. The summed E-state index contributed by atoms with van der Waals surface area (Å²) in [6, 6.07) is 0. The van der Waals surface area contributed by atoms with E-state index in [9.17, 15) is 14.7 Å². The van der Waals surface area contributed by atoms with Crippen molar-refractivity contribution < 1.29 is 24.5 Å². The van der Waals surface area contributed by atoms with E-state index in [1.165, 1.54) is 0 Å². The molecule has 0 spiro atoms. The van der Waals surface area contributed by atoms with E-state index in [1.807, 2.05) is 13.8 Å². The lowest BCUT2D eigenvalue weighted by Crippen LogP contribution is -2.46. The van der Waals surface area contributed by atoms with Crippen LogP contribution in [0, 0.1) is 5.41 Å². The molecule has 0 unspecified atom stereocenters. The first kappa shape index (κ1) is 20.8. The first-order valence-corrected chi connectivity index (χ1v) is 7.65. The molecule has 0 fully saturated rings. The molecule has 4 N–H and O–H groups in total. The summed E-state index contributed by atoms with van der Waals surface area (Å²) in [5.41, 5.74) is -0.914. The Labute approximate surface area is 132 Å². The monoisotopic (exact) mass is 318 g/mol. The number of aliphatic hydroxyl groups is 2. The number of aliphatic hydroxyl groups excluding tert-OH is 2. The maximum atomic E-state index is 11.7. The van der Waals surface area contributed by atoms with Gasteiger partial charge in [-0.2, -0.15) is 0 Å². The largest absolute Gasteiger partial charge is 0.396 e. The third kappa shape index (κ3) is 8.96. The molecule has 0 bridgehead atoms. The summed E-state index contributed by atoms with van der Waals surface area (Å²) in [6.45, 7) is 8.04. The highest BCUT2D eigenvalue weighted by Gasteiger charge is 2.32. The average Bonchev–Trinajstić information content (AvgIpc) is 2.45. The summed E-state index contributed by atoms with van der Waals surface area (Å²) in [5.74, 6) is -0.752. The fourth-order valence-corrected chi connectivity index (χ4v) is 1.54. The van der Waals surface area contributed by atoms with Crippen LogP contribution in [0.1, 0.15) is 40.5 Å². The molecular formula is C15H30N2O5. The Hall–Kier alpha value is -1.18. The lowest BCUT2D eigenvalue weighted by molar-refractivity contribution is -0.137. The smallest absolute Gasteiger partial charge is 0.249 e. The normalized spacial score (nSPS) is 13.0. The minimum Gasteiger partial charge on any atom is -0.396 e. The van der Waals surface area contributed by atoms with Gasteiger partial charge in [0.25, 0.3) is 0 Å². The topological polar surface area (TPSA) is 108 Å². The van der Waals surface area contributed by atoms with Crippen LogP contribution in [0.3, 0.4) is 0 Å². The van der Waals surface area contributed by atoms with Crippen LogP contribution in [-0.4, -0.2) is 60.5 Å². The van der Waals surface area contributed by atoms with Crippen molar-refractivity contribution >= 4 is 11.8 Å². The summed E-state index contributed by atoms with van der Waals surface area (Å²) in [5, 5.41) is 24.1. The van der Waals surface area contributed by atoms with Crippen LogP contribution in [0.4, 0.5) is 0 Å². The van der Waals surface area contributed by atoms with Gasteiger partial charge in [0, 0.05) is 31.5 Å². The van der Waals surface area contributed by atoms with Crippen molar-refractivity contribution in [3.8, 4) is 0 Å². The third-order valence-corrected chi connectivity index (χ3v) is 3.14. The molecule has 0 rings (SSSR count). The number of nitrogens with one attached hydrogen (secondary N) is 2. The van der Waals surface area contributed by atoms with Crippen LogP contribution in [-0.2, 0) is 14.3 Å². The Morgan fingerprint density at radius 3 is 2.36 bits per heavy atom. The molecule has 7 nitrogen and oxygen atoms in total. The quantitative estimate of drug-likeness (QED) is 0.395. The van der Waals surface area contributed by atoms with E-state index in [0.717, 1.165) is 6.42 Å². The van der Waals surface area contributed by atoms with Gasteiger partial charge in [0.1, 0.15) is 6.10 Å². The molecule has 0 aromatic carbocycles. The second kappa shape index (κ2) is 10.5. The molecule has 0 aliphatic carbocycles. The summed E-state index contributed by atoms with van der Waals surface area (Å²) < 4.78 is 5.35. The van der Waals surface area contributed by atoms with Gasteiger partial charge in [-0.05, 0) is 20.3 Å². The lowest BCUT2D eigenvalue weighted by atomic mass is 9.87. The third-order valence-electron chi connectivity index (χ3n) is 3.14. The standard InChI is InChI=1S/C15H30N2O5/c1-11(2)22-9-5-7-16-12(19)6-8-17-14(21)13(20)15(3,4)10-18/h11,13,18,20H,5-10H2,1-4H3,(H,16,19)(H,17,21)/t13-/m0/s1. The maximum Gasteiger partial charge on any atom is 0.249 e. The number of carbonyl (C=O) groups is 2. The van der Waals surface area contributed by atoms with Gasteiger partial charge >= 0.3 is 0 Å². The molecule has 7 heteroatoms. The summed E-state index contributed by atoms with van der Waals surface area (Å²) in [4.78, 5) is 23.2. The highest BCUT2D eigenvalue weighted by Crippen LogP contribution is 2.19. The van der Waals surface area contributed by atoms with Crippen LogP contribution in [0.5, 0.6) is 0 Å². The molecule has 0 aliphatic rings. The van der Waals surface area contributed by atoms with Crippen LogP contribution in [0.2, 0.25) is 0 Å². The summed E-state index contributed by atoms with van der Waals surface area (Å²) in [6.07, 6.45) is -0.253. The van der Waals surface area contributed by atoms with Crippen molar-refractivity contribution in [2.24, 2.45) is 5.41 Å². The van der Waals surface area contributed by atoms with E-state index >= 15 is 0 Å². The Kier molecular flexibility index (Phi) is 9.97. The van der Waals surface area contributed by atoms with E-state index in [4.69, 9.17) is 9.84 Å². The molecular weight excluding hydrogens is 288 g/mol. The number of hydrogen-bond acceptors (Lipinski definition) is 5. The minimum atomic E-state index is -1.31. The van der Waals surface area contributed by atoms with Gasteiger partial charge in [0.15, 0.2) is 0 Å². The first-order valence-electron chi connectivity index (χ1n) is 7.65. The Balaban J connectivity index is 3.78. The molecule has 0 heterocycles. The van der Waals surface area contributed by atoms with Crippen LogP contribution < -0.4 is 10.6 Å². The minimum absolute atomic E-state index is 0.142. The number of amides is 2. The van der Waals surface area contributed by atoms with Crippen molar-refractivity contribution in [3.63, 3.8) is 0 Å². The predicted octanol–water partition coefficient (Wildman–Crippen LogP) is -0.197. The van der Waals surface area contributed by atoms with Gasteiger partial charge in [-0.1, -0.05) is 13.8 Å². The van der Waals surface area contributed by atoms with Gasteiger partial charge in [0.05, 0.1) is 12.7 Å². The fourth-order valence-electron chi connectivity index (χ4n) is 1.54. The fraction of sp³-hybridized carbons (Fsp3) is 0.867. The lowest BCUT2D eigenvalue weighted by Gasteiger charge is -2.27. The Morgan fingerprint density at radius 2 is 1.82 bits per heavy atom. The van der Waals surface area contributed by atoms with Gasteiger partial charge in [-0.15, -0.1) is 0 Å². The zero-order valence-electron chi connectivity index (χ0n) is 14.0. The van der Waals surface area contributed by atoms with E-state index < -0.39 is 17.4 Å². The van der Waals surface area contributed by atoms with Gasteiger partial charge in [-0.3, -0.25) is 9.59 Å². The zero-order chi connectivity index (χ0) is 17.2. The second-order valence-electron chi connectivity index (χ2n) is 6.21. The van der Waals surface area contributed by atoms with Gasteiger partial charge < -0.3 is 25.6 Å². The molecule has 1 atom stereocenters. The van der Waals surface area contributed by atoms with Crippen molar-refractivity contribution in [3.05, 3.63) is 0 Å². The van der Waals surface area contributed by atoms with Crippen LogP contribution in [0.15, 0.2) is 0 Å². The first-order chi connectivity index (χ1) is 10.2. The Bertz CT molecular complexity index is 345.